The molecule has 7 heteroatoms. The van der Waals surface area contributed by atoms with Crippen LogP contribution in [0.15, 0.2) is 30.3 Å². The fourth-order valence-corrected chi connectivity index (χ4v) is 2.90. The van der Waals surface area contributed by atoms with Gasteiger partial charge in [-0.05, 0) is 49.5 Å². The SMILES string of the molecule is CC1CCC(C(F)(F)C(F)F)CC1.CCOc1ccc(/C=C/C(=O)OC)cc1. The van der Waals surface area contributed by atoms with Gasteiger partial charge in [-0.1, -0.05) is 31.9 Å². The van der Waals surface area contributed by atoms with Crippen molar-refractivity contribution in [2.45, 2.75) is 51.9 Å². The average Bonchev–Trinajstić information content (AvgIpc) is 2.68. The minimum Gasteiger partial charge on any atom is -0.494 e. The predicted molar refractivity (Wildman–Crippen MR) is 101 cm³/mol. The molecule has 2 rings (SSSR count). The largest absolute Gasteiger partial charge is 0.494 e. The molecule has 1 aliphatic rings. The first kappa shape index (κ1) is 24.0. The van der Waals surface area contributed by atoms with E-state index in [2.05, 4.69) is 4.74 Å². The summed E-state index contributed by atoms with van der Waals surface area (Å²) in [5.41, 5.74) is 0.934. The molecule has 0 amide bonds. The molecule has 0 aliphatic heterocycles. The Morgan fingerprint density at radius 3 is 2.21 bits per heavy atom. The summed E-state index contributed by atoms with van der Waals surface area (Å²) in [7, 11) is 1.35. The second-order valence-corrected chi connectivity index (χ2v) is 6.79. The van der Waals surface area contributed by atoms with Crippen molar-refractivity contribution in [3.05, 3.63) is 35.9 Å². The van der Waals surface area contributed by atoms with Crippen LogP contribution in [0, 0.1) is 11.8 Å². The van der Waals surface area contributed by atoms with Gasteiger partial charge in [-0.3, -0.25) is 0 Å². The van der Waals surface area contributed by atoms with Crippen LogP contribution < -0.4 is 4.74 Å². The summed E-state index contributed by atoms with van der Waals surface area (Å²) in [6.45, 7) is 4.55. The van der Waals surface area contributed by atoms with Crippen molar-refractivity contribution < 1.29 is 31.8 Å². The fourth-order valence-electron chi connectivity index (χ4n) is 2.90. The Labute approximate surface area is 163 Å². The Kier molecular flexibility index (Phi) is 10.0. The number of alkyl halides is 4. The molecule has 0 bridgehead atoms. The molecule has 1 aliphatic carbocycles. The van der Waals surface area contributed by atoms with Crippen molar-refractivity contribution in [2.75, 3.05) is 13.7 Å². The summed E-state index contributed by atoms with van der Waals surface area (Å²) in [5.74, 6) is -4.01. The molecule has 1 aromatic rings. The average molecular weight is 404 g/mol. The molecule has 0 atom stereocenters. The van der Waals surface area contributed by atoms with Gasteiger partial charge in [0.15, 0.2) is 0 Å². The maximum atomic E-state index is 12.8. The third kappa shape index (κ3) is 7.90. The van der Waals surface area contributed by atoms with Gasteiger partial charge in [0.1, 0.15) is 5.75 Å². The lowest BCUT2D eigenvalue weighted by molar-refractivity contribution is -0.173. The highest BCUT2D eigenvalue weighted by atomic mass is 19.3. The molecule has 0 N–H and O–H groups in total. The number of carbonyl (C=O) groups is 1. The van der Waals surface area contributed by atoms with Crippen LogP contribution in [0.4, 0.5) is 17.6 Å². The lowest BCUT2D eigenvalue weighted by Crippen LogP contribution is -2.37. The molecule has 0 heterocycles. The van der Waals surface area contributed by atoms with E-state index in [1.165, 1.54) is 13.2 Å². The van der Waals surface area contributed by atoms with E-state index in [9.17, 15) is 22.4 Å². The highest BCUT2D eigenvalue weighted by molar-refractivity contribution is 5.86. The van der Waals surface area contributed by atoms with Crippen molar-refractivity contribution in [2.24, 2.45) is 11.8 Å². The van der Waals surface area contributed by atoms with Crippen molar-refractivity contribution in [1.29, 1.82) is 0 Å². The number of benzene rings is 1. The number of rotatable bonds is 6. The number of hydrogen-bond acceptors (Lipinski definition) is 3. The number of hydrogen-bond donors (Lipinski definition) is 0. The lowest BCUT2D eigenvalue weighted by Gasteiger charge is -2.31. The van der Waals surface area contributed by atoms with Crippen LogP contribution in [0.3, 0.4) is 0 Å². The summed E-state index contributed by atoms with van der Waals surface area (Å²) < 4.78 is 59.3. The second kappa shape index (κ2) is 11.7. The van der Waals surface area contributed by atoms with Crippen molar-refractivity contribution in [1.82, 2.24) is 0 Å². The van der Waals surface area contributed by atoms with E-state index in [0.717, 1.165) is 11.3 Å². The molecule has 28 heavy (non-hydrogen) atoms. The summed E-state index contributed by atoms with van der Waals surface area (Å²) in [4.78, 5) is 10.8. The highest BCUT2D eigenvalue weighted by Gasteiger charge is 2.48. The van der Waals surface area contributed by atoms with Gasteiger partial charge in [-0.15, -0.1) is 0 Å². The maximum Gasteiger partial charge on any atom is 0.330 e. The molecular weight excluding hydrogens is 376 g/mol. The zero-order valence-electron chi connectivity index (χ0n) is 16.5. The first-order chi connectivity index (χ1) is 13.2. The monoisotopic (exact) mass is 404 g/mol. The molecule has 0 radical (unpaired) electrons. The lowest BCUT2D eigenvalue weighted by atomic mass is 9.80. The Balaban J connectivity index is 0.000000283. The molecule has 0 saturated heterocycles. The van der Waals surface area contributed by atoms with Crippen LogP contribution in [0.1, 0.15) is 45.1 Å². The van der Waals surface area contributed by atoms with Gasteiger partial charge in [0.25, 0.3) is 0 Å². The fraction of sp³-hybridized carbons (Fsp3) is 0.571. The summed E-state index contributed by atoms with van der Waals surface area (Å²) >= 11 is 0. The Bertz CT molecular complexity index is 607. The third-order valence-corrected chi connectivity index (χ3v) is 4.66. The smallest absolute Gasteiger partial charge is 0.330 e. The van der Waals surface area contributed by atoms with Crippen LogP contribution in [0.5, 0.6) is 5.75 Å². The van der Waals surface area contributed by atoms with Crippen LogP contribution in [-0.2, 0) is 9.53 Å². The first-order valence-corrected chi connectivity index (χ1v) is 9.35. The quantitative estimate of drug-likeness (QED) is 0.332. The molecule has 1 fully saturated rings. The van der Waals surface area contributed by atoms with E-state index < -0.39 is 18.3 Å². The van der Waals surface area contributed by atoms with E-state index >= 15 is 0 Å². The van der Waals surface area contributed by atoms with Crippen molar-refractivity contribution in [3.63, 3.8) is 0 Å². The van der Waals surface area contributed by atoms with Crippen LogP contribution >= 0.6 is 0 Å². The normalized spacial score (nSPS) is 19.9. The Morgan fingerprint density at radius 2 is 1.75 bits per heavy atom. The summed E-state index contributed by atoms with van der Waals surface area (Å²) in [5, 5.41) is 0. The van der Waals surface area contributed by atoms with Gasteiger partial charge in [-0.2, -0.15) is 8.78 Å². The summed E-state index contributed by atoms with van der Waals surface area (Å²) in [6.07, 6.45) is 1.33. The van der Waals surface area contributed by atoms with E-state index in [1.807, 2.05) is 38.1 Å². The first-order valence-electron chi connectivity index (χ1n) is 9.35. The zero-order valence-corrected chi connectivity index (χ0v) is 16.5. The number of halogens is 4. The molecule has 0 aromatic heterocycles. The van der Waals surface area contributed by atoms with Gasteiger partial charge in [0.05, 0.1) is 13.7 Å². The second-order valence-electron chi connectivity index (χ2n) is 6.79. The number of methoxy groups -OCH3 is 1. The number of carbonyl (C=O) groups excluding carboxylic acids is 1. The molecular formula is C21H28F4O3. The number of ether oxygens (including phenoxy) is 2. The molecule has 0 unspecified atom stereocenters. The van der Waals surface area contributed by atoms with Crippen LogP contribution in [-0.4, -0.2) is 32.0 Å². The topological polar surface area (TPSA) is 35.5 Å². The van der Waals surface area contributed by atoms with E-state index in [1.54, 1.807) is 6.08 Å². The molecule has 1 aromatic carbocycles. The molecule has 158 valence electrons. The third-order valence-electron chi connectivity index (χ3n) is 4.66. The van der Waals surface area contributed by atoms with Gasteiger partial charge < -0.3 is 9.47 Å². The van der Waals surface area contributed by atoms with Gasteiger partial charge in [-0.25, -0.2) is 13.6 Å². The Hall–Kier alpha value is -2.05. The van der Waals surface area contributed by atoms with E-state index in [-0.39, 0.29) is 18.8 Å². The van der Waals surface area contributed by atoms with E-state index in [4.69, 9.17) is 4.74 Å². The molecule has 0 spiro atoms. The minimum atomic E-state index is -3.78. The van der Waals surface area contributed by atoms with Crippen molar-refractivity contribution >= 4 is 12.0 Å². The zero-order chi connectivity index (χ0) is 21.2. The molecule has 3 nitrogen and oxygen atoms in total. The van der Waals surface area contributed by atoms with Gasteiger partial charge in [0, 0.05) is 12.0 Å². The van der Waals surface area contributed by atoms with Gasteiger partial charge in [0.2, 0.25) is 0 Å². The maximum absolute atomic E-state index is 12.8. The Morgan fingerprint density at radius 1 is 1.18 bits per heavy atom. The predicted octanol–water partition coefficient (Wildman–Crippen LogP) is 5.98. The van der Waals surface area contributed by atoms with Gasteiger partial charge >= 0.3 is 18.3 Å². The van der Waals surface area contributed by atoms with Crippen LogP contribution in [0.2, 0.25) is 0 Å². The number of esters is 1. The van der Waals surface area contributed by atoms with E-state index in [0.29, 0.717) is 25.4 Å². The van der Waals surface area contributed by atoms with Crippen LogP contribution in [0.25, 0.3) is 6.08 Å². The summed E-state index contributed by atoms with van der Waals surface area (Å²) in [6, 6.07) is 7.48. The molecule has 1 saturated carbocycles. The highest BCUT2D eigenvalue weighted by Crippen LogP contribution is 2.41. The minimum absolute atomic E-state index is 0.235. The standard InChI is InChI=1S/C12H14O3.C9H14F4/c1-3-15-11-7-4-10(5-8-11)6-9-12(13)14-2;1-6-2-4-7(5-3-6)9(12,13)8(10)11/h4-9H,3H2,1-2H3;6-8H,2-5H2,1H3/b9-6+;. The van der Waals surface area contributed by atoms with Crippen molar-refractivity contribution in [3.8, 4) is 5.75 Å².